The van der Waals surface area contributed by atoms with Crippen molar-refractivity contribution in [3.63, 3.8) is 0 Å². The van der Waals surface area contributed by atoms with E-state index < -0.39 is 0 Å². The van der Waals surface area contributed by atoms with E-state index >= 15 is 0 Å². The molecule has 0 aliphatic rings. The lowest BCUT2D eigenvalue weighted by Gasteiger charge is -2.15. The zero-order chi connectivity index (χ0) is 20.7. The molecule has 8 heteroatoms. The lowest BCUT2D eigenvalue weighted by Crippen LogP contribution is -2.16. The fourth-order valence-electron chi connectivity index (χ4n) is 3.73. The van der Waals surface area contributed by atoms with Gasteiger partial charge in [0.2, 0.25) is 0 Å². The highest BCUT2D eigenvalue weighted by atomic mass is 32.1. The minimum atomic E-state index is -0.0720. The molecule has 0 saturated carbocycles. The van der Waals surface area contributed by atoms with E-state index in [0.29, 0.717) is 11.3 Å². The van der Waals surface area contributed by atoms with Gasteiger partial charge in [-0.1, -0.05) is 29.8 Å². The summed E-state index contributed by atoms with van der Waals surface area (Å²) in [4.78, 5) is 0. The van der Waals surface area contributed by atoms with Gasteiger partial charge < -0.3 is 0 Å². The average molecular weight is 408 g/mol. The van der Waals surface area contributed by atoms with Crippen molar-refractivity contribution in [1.29, 1.82) is 0 Å². The third kappa shape index (κ3) is 3.44. The first kappa shape index (κ1) is 19.3. The average Bonchev–Trinajstić information content (AvgIpc) is 3.35. The van der Waals surface area contributed by atoms with Gasteiger partial charge in [0.25, 0.3) is 0 Å². The molecule has 3 aromatic heterocycles. The van der Waals surface area contributed by atoms with Crippen molar-refractivity contribution in [3.8, 4) is 5.69 Å². The highest BCUT2D eigenvalue weighted by Gasteiger charge is 2.23. The predicted molar refractivity (Wildman–Crippen MR) is 115 cm³/mol. The number of aromatic amines is 1. The zero-order valence-electron chi connectivity index (χ0n) is 17.3. The molecule has 1 unspecified atom stereocenters. The lowest BCUT2D eigenvalue weighted by molar-refractivity contribution is 0.515. The number of rotatable bonds is 5. The maximum atomic E-state index is 5.59. The van der Waals surface area contributed by atoms with Crippen LogP contribution in [-0.4, -0.2) is 34.3 Å². The number of H-pyrrole nitrogens is 1. The molecule has 150 valence electrons. The summed E-state index contributed by atoms with van der Waals surface area (Å²) in [6.45, 7) is 11.0. The fourth-order valence-corrected chi connectivity index (χ4v) is 3.96. The molecule has 0 aliphatic carbocycles. The van der Waals surface area contributed by atoms with Crippen molar-refractivity contribution in [2.45, 2.75) is 47.2 Å². The molecule has 1 aromatic carbocycles. The van der Waals surface area contributed by atoms with Crippen molar-refractivity contribution in [1.82, 2.24) is 34.3 Å². The Kier molecular flexibility index (Phi) is 4.96. The molecule has 3 heterocycles. The molecule has 0 saturated heterocycles. The molecule has 0 fully saturated rings. The van der Waals surface area contributed by atoms with Crippen LogP contribution < -0.4 is 0 Å². The smallest absolute Gasteiger partial charge is 0.200 e. The first-order valence-electron chi connectivity index (χ1n) is 9.64. The van der Waals surface area contributed by atoms with Crippen LogP contribution in [0, 0.1) is 32.5 Å². The third-order valence-electron chi connectivity index (χ3n) is 5.33. The summed E-state index contributed by atoms with van der Waals surface area (Å²) in [5.74, 6) is 0.808. The van der Waals surface area contributed by atoms with Gasteiger partial charge >= 0.3 is 0 Å². The molecule has 4 rings (SSSR count). The second kappa shape index (κ2) is 7.44. The zero-order valence-corrected chi connectivity index (χ0v) is 18.2. The normalized spacial score (nSPS) is 12.4. The third-order valence-corrected chi connectivity index (χ3v) is 5.60. The topological polar surface area (TPSA) is 69.2 Å². The molecule has 0 aliphatic heterocycles. The number of nitrogens with zero attached hydrogens (tertiary/aromatic N) is 6. The SMILES string of the molecule is Cc1ccc(Cn2nc(C)c(-n3c(C(C)n4nccc4C)n[nH]c3=S)c2C)cc1. The lowest BCUT2D eigenvalue weighted by atomic mass is 10.1. The maximum Gasteiger partial charge on any atom is 0.200 e. The van der Waals surface area contributed by atoms with Gasteiger partial charge in [0.1, 0.15) is 6.04 Å². The summed E-state index contributed by atoms with van der Waals surface area (Å²) in [6, 6.07) is 10.4. The maximum absolute atomic E-state index is 5.59. The molecular weight excluding hydrogens is 382 g/mol. The van der Waals surface area contributed by atoms with Crippen molar-refractivity contribution in [2.24, 2.45) is 0 Å². The fraction of sp³-hybridized carbons (Fsp3) is 0.333. The molecule has 4 aromatic rings. The van der Waals surface area contributed by atoms with Gasteiger partial charge in [-0.15, -0.1) is 0 Å². The number of hydrogen-bond donors (Lipinski definition) is 1. The molecule has 0 amide bonds. The van der Waals surface area contributed by atoms with Crippen LogP contribution in [0.4, 0.5) is 0 Å². The van der Waals surface area contributed by atoms with Crippen molar-refractivity contribution >= 4 is 12.2 Å². The Balaban J connectivity index is 1.77. The van der Waals surface area contributed by atoms with Gasteiger partial charge in [0, 0.05) is 11.9 Å². The number of aryl methyl sites for hydroxylation is 3. The van der Waals surface area contributed by atoms with E-state index in [9.17, 15) is 0 Å². The summed E-state index contributed by atoms with van der Waals surface area (Å²) in [5.41, 5.74) is 6.47. The predicted octanol–water partition coefficient (Wildman–Crippen LogP) is 4.21. The Morgan fingerprint density at radius 1 is 1.07 bits per heavy atom. The first-order chi connectivity index (χ1) is 13.9. The summed E-state index contributed by atoms with van der Waals surface area (Å²) in [7, 11) is 0. The number of hydrogen-bond acceptors (Lipinski definition) is 4. The molecule has 7 nitrogen and oxygen atoms in total. The summed E-state index contributed by atoms with van der Waals surface area (Å²) < 4.78 is 6.52. The largest absolute Gasteiger partial charge is 0.267 e. The van der Waals surface area contributed by atoms with Gasteiger partial charge in [0.15, 0.2) is 10.6 Å². The van der Waals surface area contributed by atoms with E-state index in [-0.39, 0.29) is 6.04 Å². The van der Waals surface area contributed by atoms with Crippen LogP contribution in [0.3, 0.4) is 0 Å². The van der Waals surface area contributed by atoms with E-state index in [1.165, 1.54) is 11.1 Å². The van der Waals surface area contributed by atoms with Gasteiger partial charge in [-0.05, 0) is 58.5 Å². The van der Waals surface area contributed by atoms with E-state index in [4.69, 9.17) is 17.3 Å². The number of nitrogens with one attached hydrogen (secondary N) is 1. The van der Waals surface area contributed by atoms with Crippen molar-refractivity contribution < 1.29 is 0 Å². The highest BCUT2D eigenvalue weighted by molar-refractivity contribution is 7.71. The molecule has 1 N–H and O–H groups in total. The van der Waals surface area contributed by atoms with Crippen LogP contribution in [0.1, 0.15) is 47.0 Å². The molecular formula is C21H25N7S. The van der Waals surface area contributed by atoms with Crippen molar-refractivity contribution in [3.05, 3.63) is 75.3 Å². The number of aromatic nitrogens is 7. The Hall–Kier alpha value is -3.00. The quantitative estimate of drug-likeness (QED) is 0.503. The van der Waals surface area contributed by atoms with Crippen LogP contribution in [0.25, 0.3) is 5.69 Å². The van der Waals surface area contributed by atoms with Crippen LogP contribution in [-0.2, 0) is 6.54 Å². The Morgan fingerprint density at radius 3 is 2.45 bits per heavy atom. The van der Waals surface area contributed by atoms with Gasteiger partial charge in [-0.2, -0.15) is 15.3 Å². The van der Waals surface area contributed by atoms with E-state index in [2.05, 4.69) is 60.3 Å². The Morgan fingerprint density at radius 2 is 1.79 bits per heavy atom. The monoisotopic (exact) mass is 407 g/mol. The van der Waals surface area contributed by atoms with Crippen LogP contribution in [0.15, 0.2) is 36.5 Å². The highest BCUT2D eigenvalue weighted by Crippen LogP contribution is 2.25. The molecule has 1 atom stereocenters. The minimum absolute atomic E-state index is 0.0720. The van der Waals surface area contributed by atoms with Crippen molar-refractivity contribution in [2.75, 3.05) is 0 Å². The van der Waals surface area contributed by atoms with Crippen LogP contribution >= 0.6 is 12.2 Å². The van der Waals surface area contributed by atoms with E-state index in [1.54, 1.807) is 6.20 Å². The van der Waals surface area contributed by atoms with E-state index in [0.717, 1.165) is 28.6 Å². The Bertz CT molecular complexity index is 1210. The van der Waals surface area contributed by atoms with Gasteiger partial charge in [-0.25, -0.2) is 0 Å². The van der Waals surface area contributed by atoms with Gasteiger partial charge in [0.05, 0.1) is 23.6 Å². The second-order valence-corrected chi connectivity index (χ2v) is 7.86. The summed E-state index contributed by atoms with van der Waals surface area (Å²) in [5, 5.41) is 16.7. The first-order valence-corrected chi connectivity index (χ1v) is 10.0. The Labute approximate surface area is 175 Å². The molecule has 0 radical (unpaired) electrons. The summed E-state index contributed by atoms with van der Waals surface area (Å²) >= 11 is 5.59. The second-order valence-electron chi connectivity index (χ2n) is 7.48. The molecule has 0 spiro atoms. The number of benzene rings is 1. The standard InChI is InChI=1S/C21H25N7S/c1-13-6-8-18(9-7-13)12-26-16(4)19(15(3)25-26)27-20(23-24-21(27)29)17(5)28-14(2)10-11-22-28/h6-11,17H,12H2,1-5H3,(H,24,29). The van der Waals surface area contributed by atoms with Crippen LogP contribution in [0.5, 0.6) is 0 Å². The minimum Gasteiger partial charge on any atom is -0.267 e. The summed E-state index contributed by atoms with van der Waals surface area (Å²) in [6.07, 6.45) is 1.80. The van der Waals surface area contributed by atoms with E-state index in [1.807, 2.05) is 33.8 Å². The van der Waals surface area contributed by atoms with Gasteiger partial charge in [-0.3, -0.25) is 19.0 Å². The van der Waals surface area contributed by atoms with Crippen LogP contribution in [0.2, 0.25) is 0 Å². The molecule has 0 bridgehead atoms. The molecule has 29 heavy (non-hydrogen) atoms.